The molecule has 6 heteroatoms. The fourth-order valence-electron chi connectivity index (χ4n) is 2.10. The van der Waals surface area contributed by atoms with E-state index in [4.69, 9.17) is 0 Å². The van der Waals surface area contributed by atoms with Crippen LogP contribution in [0.25, 0.3) is 10.9 Å². The van der Waals surface area contributed by atoms with E-state index in [2.05, 4.69) is 31.4 Å². The molecule has 0 saturated heterocycles. The summed E-state index contributed by atoms with van der Waals surface area (Å²) in [5.74, 6) is -0.806. The molecule has 21 heavy (non-hydrogen) atoms. The molecule has 0 bridgehead atoms. The van der Waals surface area contributed by atoms with Crippen molar-refractivity contribution in [3.63, 3.8) is 0 Å². The maximum Gasteiger partial charge on any atom is 0.276 e. The zero-order valence-electron chi connectivity index (χ0n) is 11.1. The fraction of sp³-hybridized carbons (Fsp3) is 0.0667. The van der Waals surface area contributed by atoms with E-state index in [1.165, 1.54) is 6.07 Å². The first-order valence-corrected chi connectivity index (χ1v) is 7.05. The molecule has 3 aromatic rings. The van der Waals surface area contributed by atoms with E-state index >= 15 is 0 Å². The van der Waals surface area contributed by atoms with E-state index in [-0.39, 0.29) is 11.6 Å². The molecular formula is C15H11BrFN3O. The number of aromatic amines is 1. The van der Waals surface area contributed by atoms with Crippen LogP contribution in [0.4, 0.5) is 10.1 Å². The minimum Gasteiger partial charge on any atom is -0.320 e. The monoisotopic (exact) mass is 347 g/mol. The molecule has 1 heterocycles. The van der Waals surface area contributed by atoms with E-state index in [0.29, 0.717) is 10.2 Å². The van der Waals surface area contributed by atoms with Crippen molar-refractivity contribution in [3.8, 4) is 0 Å². The molecular weight excluding hydrogens is 337 g/mol. The van der Waals surface area contributed by atoms with Crippen molar-refractivity contribution < 1.29 is 9.18 Å². The Bertz CT molecular complexity index is 844. The number of aromatic nitrogens is 2. The van der Waals surface area contributed by atoms with Gasteiger partial charge in [-0.05, 0) is 46.6 Å². The number of fused-ring (bicyclic) bond motifs is 1. The third-order valence-electron chi connectivity index (χ3n) is 3.20. The second-order valence-electron chi connectivity index (χ2n) is 4.65. The number of para-hydroxylation sites is 1. The van der Waals surface area contributed by atoms with Gasteiger partial charge in [-0.25, -0.2) is 4.39 Å². The van der Waals surface area contributed by atoms with Crippen molar-refractivity contribution in [1.82, 2.24) is 10.2 Å². The minimum atomic E-state index is -0.428. The van der Waals surface area contributed by atoms with Gasteiger partial charge in [0.1, 0.15) is 5.82 Å². The highest BCUT2D eigenvalue weighted by atomic mass is 79.9. The highest BCUT2D eigenvalue weighted by molar-refractivity contribution is 9.10. The summed E-state index contributed by atoms with van der Waals surface area (Å²) < 4.78 is 13.9. The standard InChI is InChI=1S/C15H11BrFN3O/c1-8-6-10(16)11(17)7-13(8)18-15(21)14-9-4-2-3-5-12(9)19-20-14/h2-7H,1H3,(H,18,21)(H,19,20). The van der Waals surface area contributed by atoms with Crippen LogP contribution in [0.3, 0.4) is 0 Å². The van der Waals surface area contributed by atoms with E-state index < -0.39 is 5.82 Å². The summed E-state index contributed by atoms with van der Waals surface area (Å²) in [5.41, 5.74) is 2.25. The Hall–Kier alpha value is -2.21. The molecule has 0 atom stereocenters. The van der Waals surface area contributed by atoms with Gasteiger partial charge in [-0.1, -0.05) is 18.2 Å². The number of amides is 1. The molecule has 1 amide bonds. The number of nitrogens with one attached hydrogen (secondary N) is 2. The smallest absolute Gasteiger partial charge is 0.276 e. The molecule has 0 fully saturated rings. The average molecular weight is 348 g/mol. The lowest BCUT2D eigenvalue weighted by atomic mass is 10.1. The fourth-order valence-corrected chi connectivity index (χ4v) is 2.56. The highest BCUT2D eigenvalue weighted by Crippen LogP contribution is 2.25. The summed E-state index contributed by atoms with van der Waals surface area (Å²) in [6.45, 7) is 1.79. The minimum absolute atomic E-state index is 0.285. The number of benzene rings is 2. The number of carbonyl (C=O) groups is 1. The van der Waals surface area contributed by atoms with Crippen LogP contribution < -0.4 is 5.32 Å². The second-order valence-corrected chi connectivity index (χ2v) is 5.51. The Kier molecular flexibility index (Phi) is 3.47. The summed E-state index contributed by atoms with van der Waals surface area (Å²) >= 11 is 3.11. The van der Waals surface area contributed by atoms with Crippen LogP contribution in [-0.2, 0) is 0 Å². The van der Waals surface area contributed by atoms with Crippen molar-refractivity contribution >= 4 is 38.4 Å². The summed E-state index contributed by atoms with van der Waals surface area (Å²) in [6, 6.07) is 10.2. The first kappa shape index (κ1) is 13.8. The van der Waals surface area contributed by atoms with Crippen LogP contribution in [0.1, 0.15) is 16.1 Å². The van der Waals surface area contributed by atoms with Gasteiger partial charge in [0.25, 0.3) is 5.91 Å². The van der Waals surface area contributed by atoms with Crippen LogP contribution in [-0.4, -0.2) is 16.1 Å². The van der Waals surface area contributed by atoms with Gasteiger partial charge in [-0.2, -0.15) is 5.10 Å². The number of aryl methyl sites for hydroxylation is 1. The van der Waals surface area contributed by atoms with Crippen molar-refractivity contribution in [2.75, 3.05) is 5.32 Å². The molecule has 0 spiro atoms. The van der Waals surface area contributed by atoms with Crippen molar-refractivity contribution in [2.24, 2.45) is 0 Å². The Morgan fingerprint density at radius 2 is 2.10 bits per heavy atom. The third kappa shape index (κ3) is 2.54. The lowest BCUT2D eigenvalue weighted by molar-refractivity contribution is 0.102. The Labute approximate surface area is 128 Å². The highest BCUT2D eigenvalue weighted by Gasteiger charge is 2.15. The van der Waals surface area contributed by atoms with Gasteiger partial charge >= 0.3 is 0 Å². The topological polar surface area (TPSA) is 57.8 Å². The van der Waals surface area contributed by atoms with Gasteiger partial charge in [0.15, 0.2) is 5.69 Å². The lowest BCUT2D eigenvalue weighted by Gasteiger charge is -2.08. The number of hydrogen-bond donors (Lipinski definition) is 2. The van der Waals surface area contributed by atoms with Crippen molar-refractivity contribution in [1.29, 1.82) is 0 Å². The summed E-state index contributed by atoms with van der Waals surface area (Å²) in [4.78, 5) is 12.3. The summed E-state index contributed by atoms with van der Waals surface area (Å²) in [7, 11) is 0. The number of nitrogens with zero attached hydrogens (tertiary/aromatic N) is 1. The number of carbonyl (C=O) groups excluding carboxylic acids is 1. The Balaban J connectivity index is 1.95. The van der Waals surface area contributed by atoms with Crippen molar-refractivity contribution in [3.05, 3.63) is 57.9 Å². The Morgan fingerprint density at radius 3 is 2.90 bits per heavy atom. The van der Waals surface area contributed by atoms with E-state index in [9.17, 15) is 9.18 Å². The quantitative estimate of drug-likeness (QED) is 0.735. The molecule has 0 aliphatic carbocycles. The molecule has 3 rings (SSSR count). The summed E-state index contributed by atoms with van der Waals surface area (Å²) in [6.07, 6.45) is 0. The van der Waals surface area contributed by atoms with Gasteiger partial charge in [-0.15, -0.1) is 0 Å². The zero-order chi connectivity index (χ0) is 15.0. The molecule has 0 saturated carbocycles. The number of H-pyrrole nitrogens is 1. The number of rotatable bonds is 2. The SMILES string of the molecule is Cc1cc(Br)c(F)cc1NC(=O)c1n[nH]c2ccccc12. The maximum absolute atomic E-state index is 13.6. The normalized spacial score (nSPS) is 10.8. The molecule has 0 unspecified atom stereocenters. The van der Waals surface area contributed by atoms with E-state index in [1.807, 2.05) is 24.3 Å². The second kappa shape index (κ2) is 5.29. The molecule has 106 valence electrons. The third-order valence-corrected chi connectivity index (χ3v) is 3.81. The molecule has 0 aliphatic heterocycles. The first-order chi connectivity index (χ1) is 10.1. The predicted molar refractivity (Wildman–Crippen MR) is 82.9 cm³/mol. The largest absolute Gasteiger partial charge is 0.320 e. The average Bonchev–Trinajstić information content (AvgIpc) is 2.88. The van der Waals surface area contributed by atoms with Gasteiger partial charge in [0, 0.05) is 11.1 Å². The lowest BCUT2D eigenvalue weighted by Crippen LogP contribution is -2.14. The van der Waals surface area contributed by atoms with Gasteiger partial charge in [0.05, 0.1) is 9.99 Å². The molecule has 2 aromatic carbocycles. The van der Waals surface area contributed by atoms with Crippen LogP contribution in [0.2, 0.25) is 0 Å². The molecule has 2 N–H and O–H groups in total. The Morgan fingerprint density at radius 1 is 1.33 bits per heavy atom. The van der Waals surface area contributed by atoms with Gasteiger partial charge in [0.2, 0.25) is 0 Å². The van der Waals surface area contributed by atoms with Crippen LogP contribution >= 0.6 is 15.9 Å². The van der Waals surface area contributed by atoms with Crippen LogP contribution in [0.5, 0.6) is 0 Å². The van der Waals surface area contributed by atoms with Crippen LogP contribution in [0.15, 0.2) is 40.9 Å². The molecule has 0 radical (unpaired) electrons. The number of anilines is 1. The molecule has 4 nitrogen and oxygen atoms in total. The first-order valence-electron chi connectivity index (χ1n) is 6.26. The van der Waals surface area contributed by atoms with E-state index in [1.54, 1.807) is 13.0 Å². The van der Waals surface area contributed by atoms with Crippen LogP contribution in [0, 0.1) is 12.7 Å². The zero-order valence-corrected chi connectivity index (χ0v) is 12.7. The molecule has 1 aromatic heterocycles. The van der Waals surface area contributed by atoms with Crippen molar-refractivity contribution in [2.45, 2.75) is 6.92 Å². The summed E-state index contributed by atoms with van der Waals surface area (Å²) in [5, 5.41) is 10.2. The number of halogens is 2. The maximum atomic E-state index is 13.6. The van der Waals surface area contributed by atoms with E-state index in [0.717, 1.165) is 16.5 Å². The van der Waals surface area contributed by atoms with Gasteiger partial charge < -0.3 is 5.32 Å². The molecule has 0 aliphatic rings. The predicted octanol–water partition coefficient (Wildman–Crippen LogP) is 4.03. The number of hydrogen-bond acceptors (Lipinski definition) is 2. The van der Waals surface area contributed by atoms with Gasteiger partial charge in [-0.3, -0.25) is 9.89 Å².